The lowest BCUT2D eigenvalue weighted by Crippen LogP contribution is -1.83. The van der Waals surface area contributed by atoms with Gasteiger partial charge in [0.05, 0.1) is 6.61 Å². The minimum atomic E-state index is 0.106. The normalized spacial score (nSPS) is 11.0. The molecule has 0 saturated heterocycles. The van der Waals surface area contributed by atoms with E-state index in [1.807, 2.05) is 6.92 Å². The molecule has 0 unspecified atom stereocenters. The molecule has 0 aliphatic heterocycles. The Morgan fingerprint density at radius 2 is 2.08 bits per heavy atom. The molecule has 0 saturated carbocycles. The van der Waals surface area contributed by atoms with Gasteiger partial charge in [0.1, 0.15) is 0 Å². The SMILES string of the molecule is Cc1ccc2[nH]c(C)c(CO)c2c1. The molecule has 0 radical (unpaired) electrons. The third-order valence-electron chi connectivity index (χ3n) is 2.43. The zero-order valence-corrected chi connectivity index (χ0v) is 7.89. The number of aliphatic hydroxyl groups excluding tert-OH is 1. The highest BCUT2D eigenvalue weighted by Crippen LogP contribution is 2.22. The van der Waals surface area contributed by atoms with Crippen molar-refractivity contribution in [1.82, 2.24) is 4.98 Å². The molecular weight excluding hydrogens is 162 g/mol. The van der Waals surface area contributed by atoms with E-state index in [9.17, 15) is 5.11 Å². The van der Waals surface area contributed by atoms with E-state index in [2.05, 4.69) is 30.1 Å². The molecule has 2 N–H and O–H groups in total. The maximum atomic E-state index is 9.18. The number of aryl methyl sites for hydroxylation is 2. The number of benzene rings is 1. The molecule has 13 heavy (non-hydrogen) atoms. The first-order valence-corrected chi connectivity index (χ1v) is 4.41. The van der Waals surface area contributed by atoms with Gasteiger partial charge in [-0.1, -0.05) is 11.6 Å². The number of aromatic amines is 1. The van der Waals surface area contributed by atoms with Crippen molar-refractivity contribution < 1.29 is 5.11 Å². The maximum absolute atomic E-state index is 9.18. The van der Waals surface area contributed by atoms with E-state index in [1.165, 1.54) is 5.56 Å². The Hall–Kier alpha value is -1.28. The summed E-state index contributed by atoms with van der Waals surface area (Å²) in [5.41, 5.74) is 4.40. The number of aromatic nitrogens is 1. The first-order chi connectivity index (χ1) is 6.22. The van der Waals surface area contributed by atoms with E-state index in [0.29, 0.717) is 0 Å². The molecular formula is C11H13NO. The van der Waals surface area contributed by atoms with Crippen LogP contribution in [0.25, 0.3) is 10.9 Å². The van der Waals surface area contributed by atoms with E-state index in [0.717, 1.165) is 22.2 Å². The second-order valence-corrected chi connectivity index (χ2v) is 3.44. The Morgan fingerprint density at radius 3 is 2.77 bits per heavy atom. The van der Waals surface area contributed by atoms with E-state index in [-0.39, 0.29) is 6.61 Å². The lowest BCUT2D eigenvalue weighted by molar-refractivity contribution is 0.282. The molecule has 68 valence electrons. The summed E-state index contributed by atoms with van der Waals surface area (Å²) in [5, 5.41) is 10.3. The van der Waals surface area contributed by atoms with E-state index >= 15 is 0 Å². The lowest BCUT2D eigenvalue weighted by atomic mass is 10.1. The van der Waals surface area contributed by atoms with Crippen molar-refractivity contribution in [3.63, 3.8) is 0 Å². The van der Waals surface area contributed by atoms with Crippen LogP contribution in [0.5, 0.6) is 0 Å². The number of nitrogens with one attached hydrogen (secondary N) is 1. The van der Waals surface area contributed by atoms with Crippen LogP contribution in [0.4, 0.5) is 0 Å². The summed E-state index contributed by atoms with van der Waals surface area (Å²) >= 11 is 0. The van der Waals surface area contributed by atoms with Crippen LogP contribution in [0.15, 0.2) is 18.2 Å². The van der Waals surface area contributed by atoms with Gasteiger partial charge >= 0.3 is 0 Å². The van der Waals surface area contributed by atoms with E-state index < -0.39 is 0 Å². The molecule has 2 aromatic rings. The minimum absolute atomic E-state index is 0.106. The number of aliphatic hydroxyl groups is 1. The zero-order chi connectivity index (χ0) is 9.42. The van der Waals surface area contributed by atoms with Gasteiger partial charge in [0, 0.05) is 22.2 Å². The predicted molar refractivity (Wildman–Crippen MR) is 53.7 cm³/mol. The summed E-state index contributed by atoms with van der Waals surface area (Å²) in [6.07, 6.45) is 0. The summed E-state index contributed by atoms with van der Waals surface area (Å²) in [6.45, 7) is 4.15. The fraction of sp³-hybridized carbons (Fsp3) is 0.273. The number of H-pyrrole nitrogens is 1. The predicted octanol–water partition coefficient (Wildman–Crippen LogP) is 2.28. The molecule has 0 atom stereocenters. The monoisotopic (exact) mass is 175 g/mol. The van der Waals surface area contributed by atoms with Crippen LogP contribution in [-0.4, -0.2) is 10.1 Å². The molecule has 0 amide bonds. The Morgan fingerprint density at radius 1 is 1.31 bits per heavy atom. The highest BCUT2D eigenvalue weighted by molar-refractivity contribution is 5.85. The molecule has 0 aliphatic rings. The van der Waals surface area contributed by atoms with Gasteiger partial charge in [-0.25, -0.2) is 0 Å². The van der Waals surface area contributed by atoms with Gasteiger partial charge in [-0.2, -0.15) is 0 Å². The summed E-state index contributed by atoms with van der Waals surface area (Å²) < 4.78 is 0. The summed E-state index contributed by atoms with van der Waals surface area (Å²) in [6, 6.07) is 6.22. The van der Waals surface area contributed by atoms with Crippen molar-refractivity contribution in [2.45, 2.75) is 20.5 Å². The Labute approximate surface area is 77.2 Å². The van der Waals surface area contributed by atoms with Gasteiger partial charge < -0.3 is 10.1 Å². The molecule has 1 aromatic heterocycles. The Kier molecular flexibility index (Phi) is 1.85. The summed E-state index contributed by atoms with van der Waals surface area (Å²) in [5.74, 6) is 0. The highest BCUT2D eigenvalue weighted by atomic mass is 16.3. The van der Waals surface area contributed by atoms with Gasteiger partial charge in [0.2, 0.25) is 0 Å². The van der Waals surface area contributed by atoms with Crippen molar-refractivity contribution in [2.75, 3.05) is 0 Å². The van der Waals surface area contributed by atoms with Crippen LogP contribution in [0.1, 0.15) is 16.8 Å². The highest BCUT2D eigenvalue weighted by Gasteiger charge is 2.06. The van der Waals surface area contributed by atoms with Crippen LogP contribution in [0, 0.1) is 13.8 Å². The molecule has 2 heteroatoms. The molecule has 1 heterocycles. The Bertz CT molecular complexity index is 443. The van der Waals surface area contributed by atoms with Crippen LogP contribution in [0.2, 0.25) is 0 Å². The average Bonchev–Trinajstić information content (AvgIpc) is 2.40. The lowest BCUT2D eigenvalue weighted by Gasteiger charge is -1.96. The van der Waals surface area contributed by atoms with Gasteiger partial charge in [-0.3, -0.25) is 0 Å². The molecule has 1 aromatic carbocycles. The van der Waals surface area contributed by atoms with Crippen LogP contribution < -0.4 is 0 Å². The molecule has 0 spiro atoms. The number of hydrogen-bond donors (Lipinski definition) is 2. The minimum Gasteiger partial charge on any atom is -0.392 e. The topological polar surface area (TPSA) is 36.0 Å². The summed E-state index contributed by atoms with van der Waals surface area (Å²) in [4.78, 5) is 3.25. The van der Waals surface area contributed by atoms with Gasteiger partial charge in [0.25, 0.3) is 0 Å². The maximum Gasteiger partial charge on any atom is 0.0705 e. The van der Waals surface area contributed by atoms with Crippen molar-refractivity contribution in [1.29, 1.82) is 0 Å². The van der Waals surface area contributed by atoms with Crippen LogP contribution >= 0.6 is 0 Å². The van der Waals surface area contributed by atoms with E-state index in [1.54, 1.807) is 0 Å². The molecule has 0 aliphatic carbocycles. The van der Waals surface area contributed by atoms with E-state index in [4.69, 9.17) is 0 Å². The van der Waals surface area contributed by atoms with Crippen LogP contribution in [0.3, 0.4) is 0 Å². The first kappa shape index (κ1) is 8.32. The first-order valence-electron chi connectivity index (χ1n) is 4.41. The number of fused-ring (bicyclic) bond motifs is 1. The second-order valence-electron chi connectivity index (χ2n) is 3.44. The number of rotatable bonds is 1. The van der Waals surface area contributed by atoms with Crippen molar-refractivity contribution in [3.8, 4) is 0 Å². The molecule has 0 bridgehead atoms. The van der Waals surface area contributed by atoms with Gasteiger partial charge in [-0.05, 0) is 26.0 Å². The Balaban J connectivity index is 2.80. The van der Waals surface area contributed by atoms with Crippen LogP contribution in [-0.2, 0) is 6.61 Å². The van der Waals surface area contributed by atoms with Gasteiger partial charge in [-0.15, -0.1) is 0 Å². The zero-order valence-electron chi connectivity index (χ0n) is 7.89. The van der Waals surface area contributed by atoms with Crippen molar-refractivity contribution >= 4 is 10.9 Å². The summed E-state index contributed by atoms with van der Waals surface area (Å²) in [7, 11) is 0. The van der Waals surface area contributed by atoms with Crippen molar-refractivity contribution in [3.05, 3.63) is 35.0 Å². The smallest absolute Gasteiger partial charge is 0.0705 e. The standard InChI is InChI=1S/C11H13NO/c1-7-3-4-11-9(5-7)10(6-13)8(2)12-11/h3-5,12-13H,6H2,1-2H3. The third-order valence-corrected chi connectivity index (χ3v) is 2.43. The molecule has 0 fully saturated rings. The molecule has 2 rings (SSSR count). The third kappa shape index (κ3) is 1.23. The number of hydrogen-bond acceptors (Lipinski definition) is 1. The average molecular weight is 175 g/mol. The fourth-order valence-electron chi connectivity index (χ4n) is 1.70. The molecule has 2 nitrogen and oxygen atoms in total. The fourth-order valence-corrected chi connectivity index (χ4v) is 1.70. The largest absolute Gasteiger partial charge is 0.392 e. The van der Waals surface area contributed by atoms with Gasteiger partial charge in [0.15, 0.2) is 0 Å². The van der Waals surface area contributed by atoms with Crippen molar-refractivity contribution in [2.24, 2.45) is 0 Å². The second kappa shape index (κ2) is 2.89. The quantitative estimate of drug-likeness (QED) is 0.685.